The Hall–Kier alpha value is -1.43. The number of carbonyl (C=O) groups is 1. The number of hydrogen-bond donors (Lipinski definition) is 1. The summed E-state index contributed by atoms with van der Waals surface area (Å²) in [6, 6.07) is 0. The van der Waals surface area contributed by atoms with Crippen LogP contribution in [-0.2, 0) is 20.7 Å². The van der Waals surface area contributed by atoms with Crippen molar-refractivity contribution in [2.45, 2.75) is 59.0 Å². The molecule has 0 bridgehead atoms. The molecule has 1 N–H and O–H groups in total. The zero-order valence-electron chi connectivity index (χ0n) is 14.8. The van der Waals surface area contributed by atoms with Crippen LogP contribution in [0.5, 0.6) is 0 Å². The van der Waals surface area contributed by atoms with E-state index in [0.717, 1.165) is 25.3 Å². The Balaban J connectivity index is 1.89. The van der Waals surface area contributed by atoms with Crippen molar-refractivity contribution in [2.24, 2.45) is 17.8 Å². The molecule has 0 saturated heterocycles. The van der Waals surface area contributed by atoms with Crippen molar-refractivity contribution in [2.75, 3.05) is 13.7 Å². The summed E-state index contributed by atoms with van der Waals surface area (Å²) in [4.78, 5) is 16.6. The first-order valence-electron chi connectivity index (χ1n) is 8.50. The largest absolute Gasteiger partial charge is 0.461 e. The zero-order chi connectivity index (χ0) is 17.0. The van der Waals surface area contributed by atoms with Gasteiger partial charge in [0.2, 0.25) is 0 Å². The predicted octanol–water partition coefficient (Wildman–Crippen LogP) is 2.71. The second kappa shape index (κ2) is 7.90. The van der Waals surface area contributed by atoms with Gasteiger partial charge in [-0.15, -0.1) is 0 Å². The average Bonchev–Trinajstić information content (AvgIpc) is 2.92. The van der Waals surface area contributed by atoms with E-state index in [0.29, 0.717) is 23.6 Å². The lowest BCUT2D eigenvalue weighted by Crippen LogP contribution is -2.39. The number of aromatic amines is 1. The number of methoxy groups -OCH3 is 1. The van der Waals surface area contributed by atoms with E-state index < -0.39 is 0 Å². The Morgan fingerprint density at radius 1 is 1.30 bits per heavy atom. The van der Waals surface area contributed by atoms with Crippen LogP contribution < -0.4 is 0 Å². The Kier molecular flexibility index (Phi) is 6.16. The highest BCUT2D eigenvalue weighted by Crippen LogP contribution is 2.35. The van der Waals surface area contributed by atoms with E-state index in [-0.39, 0.29) is 24.4 Å². The monoisotopic (exact) mass is 323 g/mol. The molecule has 1 aromatic rings. The van der Waals surface area contributed by atoms with Crippen LogP contribution in [0.4, 0.5) is 0 Å². The van der Waals surface area contributed by atoms with Gasteiger partial charge in [-0.05, 0) is 30.6 Å². The number of hydrogen-bond acceptors (Lipinski definition) is 5. The van der Waals surface area contributed by atoms with Crippen molar-refractivity contribution in [3.63, 3.8) is 0 Å². The highest BCUT2D eigenvalue weighted by molar-refractivity contribution is 5.71. The van der Waals surface area contributed by atoms with Crippen LogP contribution in [0.2, 0.25) is 0 Å². The molecule has 1 heterocycles. The topological polar surface area (TPSA) is 77.1 Å². The minimum atomic E-state index is -0.231. The summed E-state index contributed by atoms with van der Waals surface area (Å²) in [5.41, 5.74) is 0. The number of nitrogens with one attached hydrogen (secondary N) is 1. The first kappa shape index (κ1) is 17.9. The van der Waals surface area contributed by atoms with Gasteiger partial charge in [0.15, 0.2) is 5.82 Å². The fourth-order valence-electron chi connectivity index (χ4n) is 3.56. The number of esters is 1. The smallest absolute Gasteiger partial charge is 0.313 e. The minimum Gasteiger partial charge on any atom is -0.461 e. The fraction of sp³-hybridized carbons (Fsp3) is 0.824. The fourth-order valence-corrected chi connectivity index (χ4v) is 3.56. The average molecular weight is 323 g/mol. The lowest BCUT2D eigenvalue weighted by molar-refractivity contribution is -0.157. The van der Waals surface area contributed by atoms with Crippen LogP contribution >= 0.6 is 0 Å². The van der Waals surface area contributed by atoms with Gasteiger partial charge in [-0.1, -0.05) is 27.7 Å². The molecule has 0 spiro atoms. The molecular weight excluding hydrogens is 294 g/mol. The summed E-state index contributed by atoms with van der Waals surface area (Å²) in [7, 11) is 1.74. The molecular formula is C17H29N3O3. The number of carbonyl (C=O) groups excluding carboxylic acids is 1. The van der Waals surface area contributed by atoms with Gasteiger partial charge in [0.05, 0.1) is 0 Å². The van der Waals surface area contributed by atoms with E-state index in [2.05, 4.69) is 29.0 Å². The molecule has 6 nitrogen and oxygen atoms in total. The number of rotatable bonds is 6. The van der Waals surface area contributed by atoms with E-state index in [1.807, 2.05) is 13.8 Å². The maximum absolute atomic E-state index is 12.2. The van der Waals surface area contributed by atoms with Gasteiger partial charge in [-0.3, -0.25) is 9.89 Å². The van der Waals surface area contributed by atoms with Crippen molar-refractivity contribution < 1.29 is 14.3 Å². The van der Waals surface area contributed by atoms with Crippen LogP contribution in [0.15, 0.2) is 0 Å². The predicted molar refractivity (Wildman–Crippen MR) is 87.0 cm³/mol. The first-order valence-corrected chi connectivity index (χ1v) is 8.50. The van der Waals surface area contributed by atoms with E-state index in [1.165, 1.54) is 0 Å². The van der Waals surface area contributed by atoms with Gasteiger partial charge in [0.1, 0.15) is 18.3 Å². The molecule has 0 aromatic carbocycles. The van der Waals surface area contributed by atoms with Crippen molar-refractivity contribution in [3.05, 3.63) is 11.6 Å². The molecule has 1 saturated carbocycles. The number of ether oxygens (including phenoxy) is 2. The molecule has 2 unspecified atom stereocenters. The number of aromatic nitrogens is 3. The maximum atomic E-state index is 12.2. The molecule has 6 heteroatoms. The third kappa shape index (κ3) is 4.77. The Labute approximate surface area is 138 Å². The molecule has 0 radical (unpaired) electrons. The summed E-state index contributed by atoms with van der Waals surface area (Å²) >= 11 is 0. The molecule has 1 aliphatic carbocycles. The summed E-state index contributed by atoms with van der Waals surface area (Å²) < 4.78 is 11.0. The quantitative estimate of drug-likeness (QED) is 0.815. The van der Waals surface area contributed by atoms with Crippen molar-refractivity contribution in [3.8, 4) is 0 Å². The van der Waals surface area contributed by atoms with Gasteiger partial charge < -0.3 is 9.47 Å². The van der Waals surface area contributed by atoms with E-state index in [1.54, 1.807) is 7.11 Å². The maximum Gasteiger partial charge on any atom is 0.313 e. The normalized spacial score (nSPS) is 28.1. The Bertz CT molecular complexity index is 503. The summed E-state index contributed by atoms with van der Waals surface area (Å²) in [5, 5.41) is 6.94. The van der Waals surface area contributed by atoms with E-state index >= 15 is 0 Å². The Morgan fingerprint density at radius 3 is 2.48 bits per heavy atom. The first-order chi connectivity index (χ1) is 10.9. The lowest BCUT2D eigenvalue weighted by Gasteiger charge is -2.38. The zero-order valence-corrected chi connectivity index (χ0v) is 14.8. The molecule has 23 heavy (non-hydrogen) atoms. The lowest BCUT2D eigenvalue weighted by atomic mass is 9.75. The molecule has 2 rings (SSSR count). The standard InChI is InChI=1S/C17H29N3O3/c1-10(2)17-18-14(19-20-17)8-15(21)23-16-11(3)6-13(9-22-5)7-12(16)4/h10-13,16H,6-9H2,1-5H3,(H,18,19,20). The third-order valence-corrected chi connectivity index (χ3v) is 4.58. The van der Waals surface area contributed by atoms with Gasteiger partial charge in [0, 0.05) is 19.6 Å². The third-order valence-electron chi connectivity index (χ3n) is 4.58. The van der Waals surface area contributed by atoms with Gasteiger partial charge in [0.25, 0.3) is 0 Å². The second-order valence-electron chi connectivity index (χ2n) is 7.17. The van der Waals surface area contributed by atoms with Crippen LogP contribution in [0.3, 0.4) is 0 Å². The van der Waals surface area contributed by atoms with E-state index in [4.69, 9.17) is 9.47 Å². The van der Waals surface area contributed by atoms with Gasteiger partial charge in [-0.2, -0.15) is 5.10 Å². The SMILES string of the molecule is COCC1CC(C)C(OC(=O)Cc2nc(C(C)C)n[nH]2)C(C)C1. The van der Waals surface area contributed by atoms with Gasteiger partial charge in [-0.25, -0.2) is 4.98 Å². The Morgan fingerprint density at radius 2 is 1.96 bits per heavy atom. The highest BCUT2D eigenvalue weighted by Gasteiger charge is 2.35. The van der Waals surface area contributed by atoms with Crippen molar-refractivity contribution in [1.29, 1.82) is 0 Å². The van der Waals surface area contributed by atoms with Crippen molar-refractivity contribution >= 4 is 5.97 Å². The summed E-state index contributed by atoms with van der Waals surface area (Å²) in [6.45, 7) is 9.13. The highest BCUT2D eigenvalue weighted by atomic mass is 16.5. The van der Waals surface area contributed by atoms with Crippen LogP contribution in [0.1, 0.15) is 58.1 Å². The van der Waals surface area contributed by atoms with Crippen LogP contribution in [-0.4, -0.2) is 41.0 Å². The molecule has 130 valence electrons. The minimum absolute atomic E-state index is 0.0249. The van der Waals surface area contributed by atoms with Gasteiger partial charge >= 0.3 is 5.97 Å². The molecule has 1 aromatic heterocycles. The molecule has 0 amide bonds. The number of nitrogens with zero attached hydrogens (tertiary/aromatic N) is 2. The van der Waals surface area contributed by atoms with Crippen LogP contribution in [0.25, 0.3) is 0 Å². The summed E-state index contributed by atoms with van der Waals surface area (Å²) in [6.07, 6.45) is 2.20. The van der Waals surface area contributed by atoms with Crippen molar-refractivity contribution in [1.82, 2.24) is 15.2 Å². The van der Waals surface area contributed by atoms with Crippen LogP contribution in [0, 0.1) is 17.8 Å². The molecule has 1 fully saturated rings. The van der Waals surface area contributed by atoms with E-state index in [9.17, 15) is 4.79 Å². The summed E-state index contributed by atoms with van der Waals surface area (Å²) in [5.74, 6) is 2.58. The number of H-pyrrole nitrogens is 1. The molecule has 1 aliphatic rings. The molecule has 2 atom stereocenters. The molecule has 0 aliphatic heterocycles. The second-order valence-corrected chi connectivity index (χ2v) is 7.17.